The van der Waals surface area contributed by atoms with Gasteiger partial charge in [-0.3, -0.25) is 4.79 Å². The molecule has 4 rings (SSSR count). The Morgan fingerprint density at radius 3 is 2.17 bits per heavy atom. The lowest BCUT2D eigenvalue weighted by atomic mass is 9.89. The van der Waals surface area contributed by atoms with Crippen molar-refractivity contribution in [3.8, 4) is 0 Å². The summed E-state index contributed by atoms with van der Waals surface area (Å²) in [5.74, 6) is 1.23. The molecular formula is C29H41Br2ClN4O6S4. The van der Waals surface area contributed by atoms with Gasteiger partial charge in [0.05, 0.1) is 4.47 Å². The summed E-state index contributed by atoms with van der Waals surface area (Å²) in [7, 11) is -7.53. The molecule has 17 heteroatoms. The summed E-state index contributed by atoms with van der Waals surface area (Å²) in [6.45, 7) is 2.80. The van der Waals surface area contributed by atoms with Crippen molar-refractivity contribution in [3.05, 3.63) is 31.6 Å². The molecular weight excluding hydrogens is 824 g/mol. The molecule has 2 aromatic heterocycles. The standard InChI is InChI=1S/C29H41Br2ClN4O6S4/c1-43-16-11-25(29(37)38)34-45(39,40)22-17-24(31)28(33-19-22)35-12-7-20(8-13-35)5-3-2-4-6-21-9-14-36(15-10-21)46(41,42)26-18-23(30)27(32)44-26/h17-21,25,34H,2-16H2,1H3,(H,37,38). The average Bonchev–Trinajstić information content (AvgIpc) is 3.38. The van der Waals surface area contributed by atoms with Gasteiger partial charge in [0.25, 0.3) is 10.0 Å². The molecule has 0 saturated carbocycles. The third kappa shape index (κ3) is 10.3. The molecule has 2 fully saturated rings. The van der Waals surface area contributed by atoms with E-state index in [1.54, 1.807) is 10.4 Å². The summed E-state index contributed by atoms with van der Waals surface area (Å²) >= 11 is 15.4. The van der Waals surface area contributed by atoms with Gasteiger partial charge in [0.2, 0.25) is 10.0 Å². The molecule has 1 unspecified atom stereocenters. The number of nitrogens with one attached hydrogen (secondary N) is 1. The molecule has 0 amide bonds. The van der Waals surface area contributed by atoms with Crippen LogP contribution in [0, 0.1) is 11.8 Å². The SMILES string of the molecule is CSCCC(NS(=O)(=O)c1cnc(N2CCC(CCCCCC3CCN(S(=O)(=O)c4cc(Br)c(Cl)s4)CC3)CC2)c(Br)c1)C(=O)O. The zero-order valence-corrected chi connectivity index (χ0v) is 32.9. The predicted octanol–water partition coefficient (Wildman–Crippen LogP) is 7.07. The van der Waals surface area contributed by atoms with Gasteiger partial charge in [0.15, 0.2) is 0 Å². The predicted molar refractivity (Wildman–Crippen MR) is 193 cm³/mol. The van der Waals surface area contributed by atoms with E-state index in [1.165, 1.54) is 43.3 Å². The molecule has 10 nitrogen and oxygen atoms in total. The van der Waals surface area contributed by atoms with Crippen LogP contribution in [0.25, 0.3) is 0 Å². The van der Waals surface area contributed by atoms with Crippen LogP contribution in [0.15, 0.2) is 36.4 Å². The highest BCUT2D eigenvalue weighted by molar-refractivity contribution is 9.11. The van der Waals surface area contributed by atoms with Crippen molar-refractivity contribution < 1.29 is 26.7 Å². The Morgan fingerprint density at radius 1 is 1.04 bits per heavy atom. The van der Waals surface area contributed by atoms with E-state index < -0.39 is 32.1 Å². The van der Waals surface area contributed by atoms with Gasteiger partial charge in [-0.2, -0.15) is 20.8 Å². The number of thioether (sulfide) groups is 1. The van der Waals surface area contributed by atoms with Gasteiger partial charge in [0, 0.05) is 36.8 Å². The van der Waals surface area contributed by atoms with Crippen LogP contribution in [0.1, 0.15) is 64.2 Å². The van der Waals surface area contributed by atoms with Crippen LogP contribution in [-0.2, 0) is 24.8 Å². The summed E-state index contributed by atoms with van der Waals surface area (Å²) in [4.78, 5) is 18.1. The van der Waals surface area contributed by atoms with Crippen LogP contribution >= 0.6 is 66.6 Å². The molecule has 258 valence electrons. The van der Waals surface area contributed by atoms with Gasteiger partial charge in [-0.05, 0) is 99.9 Å². The number of carbonyl (C=O) groups is 1. The van der Waals surface area contributed by atoms with Gasteiger partial charge in [0.1, 0.15) is 25.3 Å². The number of piperidine rings is 2. The van der Waals surface area contributed by atoms with E-state index >= 15 is 0 Å². The molecule has 2 aromatic rings. The second-order valence-electron chi connectivity index (χ2n) is 11.9. The van der Waals surface area contributed by atoms with E-state index in [-0.39, 0.29) is 11.3 Å². The zero-order chi connectivity index (χ0) is 33.5. The highest BCUT2D eigenvalue weighted by Crippen LogP contribution is 2.37. The van der Waals surface area contributed by atoms with Crippen molar-refractivity contribution in [1.82, 2.24) is 14.0 Å². The molecule has 46 heavy (non-hydrogen) atoms. The minimum atomic E-state index is -4.04. The Labute approximate surface area is 302 Å². The van der Waals surface area contributed by atoms with Crippen LogP contribution in [0.5, 0.6) is 0 Å². The number of aromatic nitrogens is 1. The van der Waals surface area contributed by atoms with E-state index in [1.807, 2.05) is 6.26 Å². The molecule has 2 saturated heterocycles. The monoisotopic (exact) mass is 862 g/mol. The highest BCUT2D eigenvalue weighted by atomic mass is 79.9. The molecule has 1 atom stereocenters. The smallest absolute Gasteiger partial charge is 0.321 e. The minimum absolute atomic E-state index is 0.0684. The summed E-state index contributed by atoms with van der Waals surface area (Å²) in [6.07, 6.45) is 13.1. The quantitative estimate of drug-likeness (QED) is 0.170. The fourth-order valence-electron chi connectivity index (χ4n) is 6.01. The number of aliphatic carboxylic acids is 1. The first kappa shape index (κ1) is 38.3. The Hall–Kier alpha value is -0.460. The Balaban J connectivity index is 1.14. The molecule has 2 aliphatic heterocycles. The van der Waals surface area contributed by atoms with E-state index in [0.717, 1.165) is 63.0 Å². The van der Waals surface area contributed by atoms with E-state index in [2.05, 4.69) is 46.5 Å². The van der Waals surface area contributed by atoms with Crippen LogP contribution in [0.4, 0.5) is 5.82 Å². The molecule has 4 heterocycles. The number of unbranched alkanes of at least 4 members (excludes halogenated alkanes) is 2. The third-order valence-corrected chi connectivity index (χ3v) is 16.2. The maximum Gasteiger partial charge on any atom is 0.321 e. The summed E-state index contributed by atoms with van der Waals surface area (Å²) in [5, 5.41) is 9.41. The fourth-order valence-corrected chi connectivity index (χ4v) is 12.4. The van der Waals surface area contributed by atoms with E-state index in [4.69, 9.17) is 11.6 Å². The number of anilines is 1. The number of hydrogen-bond acceptors (Lipinski definition) is 9. The van der Waals surface area contributed by atoms with Crippen molar-refractivity contribution in [1.29, 1.82) is 0 Å². The van der Waals surface area contributed by atoms with Gasteiger partial charge < -0.3 is 10.0 Å². The molecule has 0 aromatic carbocycles. The second kappa shape index (κ2) is 17.5. The van der Waals surface area contributed by atoms with Crippen LogP contribution in [0.3, 0.4) is 0 Å². The lowest BCUT2D eigenvalue weighted by molar-refractivity contribution is -0.139. The highest BCUT2D eigenvalue weighted by Gasteiger charge is 2.31. The van der Waals surface area contributed by atoms with Gasteiger partial charge in [-0.1, -0.05) is 43.7 Å². The van der Waals surface area contributed by atoms with Crippen molar-refractivity contribution in [2.45, 2.75) is 79.4 Å². The number of nitrogens with zero attached hydrogens (tertiary/aromatic N) is 3. The molecule has 2 aliphatic rings. The fraction of sp³-hybridized carbons (Fsp3) is 0.655. The Kier molecular flexibility index (Phi) is 14.6. The summed E-state index contributed by atoms with van der Waals surface area (Å²) in [5.41, 5.74) is 0. The number of carboxylic acid groups (broad SMARTS) is 1. The van der Waals surface area contributed by atoms with Gasteiger partial charge in [-0.15, -0.1) is 11.3 Å². The number of carboxylic acids is 1. The van der Waals surface area contributed by atoms with Crippen LogP contribution in [-0.4, -0.2) is 81.4 Å². The minimum Gasteiger partial charge on any atom is -0.480 e. The lowest BCUT2D eigenvalue weighted by Crippen LogP contribution is -2.41. The maximum absolute atomic E-state index is 13.0. The number of thiophene rings is 1. The van der Waals surface area contributed by atoms with Crippen LogP contribution in [0.2, 0.25) is 4.34 Å². The Morgan fingerprint density at radius 2 is 1.65 bits per heavy atom. The van der Waals surface area contributed by atoms with E-state index in [9.17, 15) is 26.7 Å². The van der Waals surface area contributed by atoms with E-state index in [0.29, 0.717) is 54.0 Å². The topological polar surface area (TPSA) is 137 Å². The number of hydrogen-bond donors (Lipinski definition) is 2. The van der Waals surface area contributed by atoms with Crippen molar-refractivity contribution >= 4 is 98.4 Å². The number of sulfonamides is 2. The second-order valence-corrected chi connectivity index (χ2v) is 20.1. The van der Waals surface area contributed by atoms with Crippen molar-refractivity contribution in [2.24, 2.45) is 11.8 Å². The third-order valence-electron chi connectivity index (χ3n) is 8.74. The zero-order valence-electron chi connectivity index (χ0n) is 25.7. The number of rotatable bonds is 16. The van der Waals surface area contributed by atoms with Crippen molar-refractivity contribution in [3.63, 3.8) is 0 Å². The summed E-state index contributed by atoms with van der Waals surface area (Å²) in [6, 6.07) is 1.89. The molecule has 0 spiro atoms. The molecule has 0 aliphatic carbocycles. The van der Waals surface area contributed by atoms with Crippen LogP contribution < -0.4 is 9.62 Å². The Bertz CT molecular complexity index is 1530. The first-order valence-electron chi connectivity index (χ1n) is 15.4. The number of pyridine rings is 1. The number of halogens is 3. The van der Waals surface area contributed by atoms with Crippen molar-refractivity contribution in [2.75, 3.05) is 43.1 Å². The first-order valence-corrected chi connectivity index (χ1v) is 22.5. The largest absolute Gasteiger partial charge is 0.480 e. The lowest BCUT2D eigenvalue weighted by Gasteiger charge is -2.33. The van der Waals surface area contributed by atoms with Gasteiger partial charge >= 0.3 is 5.97 Å². The molecule has 0 radical (unpaired) electrons. The normalized spacial score (nSPS) is 18.2. The maximum atomic E-state index is 13.0. The van der Waals surface area contributed by atoms with Gasteiger partial charge in [-0.25, -0.2) is 21.8 Å². The molecule has 0 bridgehead atoms. The molecule has 2 N–H and O–H groups in total. The first-order chi connectivity index (χ1) is 21.8. The summed E-state index contributed by atoms with van der Waals surface area (Å²) < 4.78 is 57.4. The average molecular weight is 865 g/mol.